The number of likely N-dealkylation sites (N-methyl/N-ethyl adjacent to an activating group) is 2. The highest BCUT2D eigenvalue weighted by molar-refractivity contribution is 6.13. The first-order chi connectivity index (χ1) is 22.0. The number of hydrogen-bond donors (Lipinski definition) is 2. The Morgan fingerprint density at radius 2 is 1.62 bits per heavy atom. The number of methoxy groups -OCH3 is 2. The monoisotopic (exact) mass is 661 g/mol. The molecule has 0 aromatic rings. The Morgan fingerprint density at radius 1 is 1.00 bits per heavy atom. The van der Waals surface area contributed by atoms with Crippen LogP contribution in [0.5, 0.6) is 0 Å². The molecule has 0 aromatic heterocycles. The molecule has 12 nitrogen and oxygen atoms in total. The minimum atomic E-state index is -0.785. The largest absolute Gasteiger partial charge is 0.379 e. The second-order valence-electron chi connectivity index (χ2n) is 14.1. The molecule has 4 amide bonds. The van der Waals surface area contributed by atoms with Crippen molar-refractivity contribution < 1.29 is 33.4 Å². The Bertz CT molecular complexity index is 1090. The van der Waals surface area contributed by atoms with Gasteiger partial charge in [0.15, 0.2) is 5.78 Å². The second kappa shape index (κ2) is 18.3. The van der Waals surface area contributed by atoms with E-state index in [-0.39, 0.29) is 72.5 Å². The third-order valence-corrected chi connectivity index (χ3v) is 10.2. The molecular weight excluding hydrogens is 601 g/mol. The third-order valence-electron chi connectivity index (χ3n) is 10.2. The zero-order valence-electron chi connectivity index (χ0n) is 30.6. The van der Waals surface area contributed by atoms with E-state index in [9.17, 15) is 24.0 Å². The van der Waals surface area contributed by atoms with E-state index in [0.29, 0.717) is 13.0 Å². The van der Waals surface area contributed by atoms with E-state index in [1.807, 2.05) is 41.5 Å². The topological polar surface area (TPSA) is 138 Å². The molecule has 2 heterocycles. The van der Waals surface area contributed by atoms with Gasteiger partial charge in [-0.05, 0) is 43.6 Å². The number of hydrogen-bond acceptors (Lipinski definition) is 8. The minimum absolute atomic E-state index is 0.0234. The lowest BCUT2D eigenvalue weighted by molar-refractivity contribution is -0.149. The van der Waals surface area contributed by atoms with Crippen molar-refractivity contribution in [1.82, 2.24) is 25.3 Å². The number of ether oxygens (including phenoxy) is 2. The van der Waals surface area contributed by atoms with E-state index in [4.69, 9.17) is 17.3 Å². The number of amides is 4. The summed E-state index contributed by atoms with van der Waals surface area (Å²) in [6.07, 6.45) is 0.857. The van der Waals surface area contributed by atoms with Crippen LogP contribution in [-0.2, 0) is 33.4 Å². The summed E-state index contributed by atoms with van der Waals surface area (Å²) in [6.45, 7) is 13.9. The maximum absolute atomic E-state index is 14.1. The smallest absolute Gasteiger partial charge is 0.245 e. The first kappa shape index (κ1) is 40.7. The van der Waals surface area contributed by atoms with Gasteiger partial charge < -0.3 is 34.8 Å². The average molecular weight is 662 g/mol. The summed E-state index contributed by atoms with van der Waals surface area (Å²) < 4.78 is 11.7. The van der Waals surface area contributed by atoms with E-state index < -0.39 is 42.3 Å². The Morgan fingerprint density at radius 3 is 2.09 bits per heavy atom. The second-order valence-corrected chi connectivity index (χ2v) is 14.1. The molecule has 0 saturated carbocycles. The fourth-order valence-corrected chi connectivity index (χ4v) is 7.21. The van der Waals surface area contributed by atoms with Crippen molar-refractivity contribution in [3.63, 3.8) is 0 Å². The number of carbonyl (C=O) groups excluding carboxylic acids is 5. The summed E-state index contributed by atoms with van der Waals surface area (Å²) in [4.78, 5) is 72.1. The molecular formula is C34H60BN5O7. The van der Waals surface area contributed by atoms with E-state index in [1.165, 1.54) is 19.1 Å². The summed E-state index contributed by atoms with van der Waals surface area (Å²) in [5.41, 5.74) is 0. The van der Waals surface area contributed by atoms with Gasteiger partial charge in [0, 0.05) is 34.2 Å². The molecule has 266 valence electrons. The van der Waals surface area contributed by atoms with Crippen LogP contribution in [0.15, 0.2) is 0 Å². The summed E-state index contributed by atoms with van der Waals surface area (Å²) in [5, 5.41) is 5.99. The zero-order chi connectivity index (χ0) is 35.7. The predicted octanol–water partition coefficient (Wildman–Crippen LogP) is 1.59. The van der Waals surface area contributed by atoms with Crippen LogP contribution in [-0.4, -0.2) is 136 Å². The molecule has 0 aromatic carbocycles. The van der Waals surface area contributed by atoms with Gasteiger partial charge in [0.05, 0.1) is 57.1 Å². The summed E-state index contributed by atoms with van der Waals surface area (Å²) >= 11 is 0. The average Bonchev–Trinajstić information content (AvgIpc) is 3.63. The highest BCUT2D eigenvalue weighted by Gasteiger charge is 2.46. The molecule has 2 saturated heterocycles. The van der Waals surface area contributed by atoms with Gasteiger partial charge in [-0.2, -0.15) is 0 Å². The van der Waals surface area contributed by atoms with Crippen molar-refractivity contribution in [3.05, 3.63) is 0 Å². The maximum Gasteiger partial charge on any atom is 0.245 e. The van der Waals surface area contributed by atoms with Crippen molar-refractivity contribution in [2.24, 2.45) is 23.7 Å². The Kier molecular flexibility index (Phi) is 15.8. The number of nitrogens with one attached hydrogen (secondary N) is 2. The van der Waals surface area contributed by atoms with Crippen LogP contribution in [0, 0.1) is 23.7 Å². The first-order valence-electron chi connectivity index (χ1n) is 17.2. The van der Waals surface area contributed by atoms with Gasteiger partial charge in [0.2, 0.25) is 23.6 Å². The van der Waals surface area contributed by atoms with Gasteiger partial charge >= 0.3 is 0 Å². The predicted molar refractivity (Wildman–Crippen MR) is 181 cm³/mol. The number of likely N-dealkylation sites (tertiary alicyclic amines) is 2. The molecule has 2 aliphatic rings. The molecule has 2 N–H and O–H groups in total. The van der Waals surface area contributed by atoms with Gasteiger partial charge in [-0.1, -0.05) is 54.9 Å². The van der Waals surface area contributed by atoms with Crippen molar-refractivity contribution in [3.8, 4) is 0 Å². The zero-order valence-corrected chi connectivity index (χ0v) is 30.6. The normalized spacial score (nSPS) is 23.0. The van der Waals surface area contributed by atoms with Crippen LogP contribution < -0.4 is 10.6 Å². The van der Waals surface area contributed by atoms with Gasteiger partial charge in [-0.25, -0.2) is 0 Å². The van der Waals surface area contributed by atoms with E-state index in [1.54, 1.807) is 30.8 Å². The van der Waals surface area contributed by atoms with Gasteiger partial charge in [0.1, 0.15) is 6.04 Å². The van der Waals surface area contributed by atoms with Crippen molar-refractivity contribution >= 4 is 37.3 Å². The molecule has 0 aliphatic carbocycles. The van der Waals surface area contributed by atoms with Crippen LogP contribution in [0.2, 0.25) is 0 Å². The van der Waals surface area contributed by atoms with Crippen molar-refractivity contribution in [1.29, 1.82) is 0 Å². The summed E-state index contributed by atoms with van der Waals surface area (Å²) in [5.74, 6) is -2.30. The van der Waals surface area contributed by atoms with E-state index in [0.717, 1.165) is 12.8 Å². The molecule has 2 fully saturated rings. The minimum Gasteiger partial charge on any atom is -0.379 e. The van der Waals surface area contributed by atoms with Gasteiger partial charge in [-0.15, -0.1) is 0 Å². The van der Waals surface area contributed by atoms with Crippen LogP contribution >= 0.6 is 0 Å². The number of carbonyl (C=O) groups is 5. The molecule has 0 bridgehead atoms. The first-order valence-corrected chi connectivity index (χ1v) is 17.2. The lowest BCUT2D eigenvalue weighted by atomic mass is 9.89. The van der Waals surface area contributed by atoms with E-state index in [2.05, 4.69) is 10.6 Å². The third kappa shape index (κ3) is 9.78. The van der Waals surface area contributed by atoms with Gasteiger partial charge in [0.25, 0.3) is 0 Å². The molecule has 47 heavy (non-hydrogen) atoms. The highest BCUT2D eigenvalue weighted by Crippen LogP contribution is 2.30. The van der Waals surface area contributed by atoms with Gasteiger partial charge in [-0.3, -0.25) is 24.0 Å². The number of nitrogens with zero attached hydrogens (tertiary/aromatic N) is 3. The molecule has 13 heteroatoms. The fraction of sp³-hybridized carbons (Fsp3) is 0.853. The van der Waals surface area contributed by atoms with Crippen molar-refractivity contribution in [2.75, 3.05) is 41.4 Å². The number of rotatable bonds is 17. The van der Waals surface area contributed by atoms with Crippen molar-refractivity contribution in [2.45, 2.75) is 123 Å². The Balaban J connectivity index is 2.32. The number of ketones is 1. The Labute approximate surface area is 283 Å². The molecule has 2 rings (SSSR count). The number of Topliss-reactive ketones (excluding diaryl/α,β-unsaturated/α-hetero) is 1. The molecule has 0 unspecified atom stereocenters. The standard InChI is InChI=1S/C34H60BN5O7/c1-12-21(6)30(38(9)34(45)29(20(4)5)37-32(43)28(36-8)19(2)3)25(46-10)17-27(42)40-18-23(41)16-24(40)31(47-11)22(7)33(44)39-15-13-14-26(39)35/h19-22,24-26,28-31,36H,12-18H2,1-11H3,(H,37,43)/t21-,22+,24-,25+,26-,28-,29-,30-,31+/m0/s1. The van der Waals surface area contributed by atoms with E-state index >= 15 is 0 Å². The molecule has 0 spiro atoms. The highest BCUT2D eigenvalue weighted by atomic mass is 16.5. The summed E-state index contributed by atoms with van der Waals surface area (Å²) in [7, 11) is 12.6. The quantitative estimate of drug-likeness (QED) is 0.224. The van der Waals surface area contributed by atoms with Crippen LogP contribution in [0.25, 0.3) is 0 Å². The Hall–Kier alpha value is -2.51. The lowest BCUT2D eigenvalue weighted by Gasteiger charge is -2.41. The summed E-state index contributed by atoms with van der Waals surface area (Å²) in [6, 6.07) is -2.37. The SMILES string of the molecule is [B][C@@H]1CCCN1C(=O)[C@H](C)[C@@H](OC)[C@@H]1CC(=O)CN1C(=O)C[C@@H](OC)[C@H]([C@@H](C)CC)N(C)C(=O)[C@@H](NC(=O)[C@@H](NC)C(C)C)C(C)C. The lowest BCUT2D eigenvalue weighted by Crippen LogP contribution is -2.59. The fourth-order valence-electron chi connectivity index (χ4n) is 7.21. The molecule has 2 aliphatic heterocycles. The van der Waals surface area contributed by atoms with Crippen LogP contribution in [0.4, 0.5) is 0 Å². The van der Waals surface area contributed by atoms with Crippen LogP contribution in [0.3, 0.4) is 0 Å². The maximum atomic E-state index is 14.1. The molecule has 9 atom stereocenters. The van der Waals surface area contributed by atoms with Crippen LogP contribution in [0.1, 0.15) is 80.6 Å². The molecule has 2 radical (unpaired) electrons.